The third-order valence-electron chi connectivity index (χ3n) is 7.67. The third-order valence-corrected chi connectivity index (χ3v) is 8.46. The summed E-state index contributed by atoms with van der Waals surface area (Å²) in [6, 6.07) is 17.2. The first-order valence-electron chi connectivity index (χ1n) is 15.1. The fourth-order valence-corrected chi connectivity index (χ4v) is 5.98. The molecule has 2 aromatic heterocycles. The number of amides is 1. The Morgan fingerprint density at radius 1 is 0.957 bits per heavy atom. The summed E-state index contributed by atoms with van der Waals surface area (Å²) in [6.45, 7) is 3.94. The molecular formula is C34H38Cl2N6O4. The van der Waals surface area contributed by atoms with Gasteiger partial charge < -0.3 is 35.8 Å². The zero-order chi connectivity index (χ0) is 32.6. The molecule has 1 saturated heterocycles. The molecule has 12 heteroatoms. The summed E-state index contributed by atoms with van der Waals surface area (Å²) in [5.41, 5.74) is 5.71. The molecule has 4 aromatic rings. The van der Waals surface area contributed by atoms with Gasteiger partial charge in [-0.05, 0) is 37.6 Å². The number of aromatic nitrogens is 2. The van der Waals surface area contributed by atoms with Crippen molar-refractivity contribution in [2.75, 3.05) is 32.6 Å². The highest BCUT2D eigenvalue weighted by Gasteiger charge is 2.21. The van der Waals surface area contributed by atoms with Crippen LogP contribution in [0, 0.1) is 0 Å². The molecule has 0 bridgehead atoms. The van der Waals surface area contributed by atoms with Crippen molar-refractivity contribution < 1.29 is 19.4 Å². The largest absolute Gasteiger partial charge is 0.494 e. The monoisotopic (exact) mass is 664 g/mol. The van der Waals surface area contributed by atoms with Gasteiger partial charge in [0.05, 0.1) is 53.1 Å². The van der Waals surface area contributed by atoms with E-state index in [9.17, 15) is 9.90 Å². The molecule has 5 N–H and O–H groups in total. The lowest BCUT2D eigenvalue weighted by Crippen LogP contribution is -2.35. The number of anilines is 2. The molecular weight excluding hydrogens is 627 g/mol. The second kappa shape index (κ2) is 15.6. The van der Waals surface area contributed by atoms with Gasteiger partial charge in [0.2, 0.25) is 11.8 Å². The number of hydrogen-bond donors (Lipinski definition) is 5. The van der Waals surface area contributed by atoms with E-state index < -0.39 is 6.10 Å². The van der Waals surface area contributed by atoms with Gasteiger partial charge in [-0.2, -0.15) is 0 Å². The molecule has 1 amide bonds. The van der Waals surface area contributed by atoms with Crippen molar-refractivity contribution in [1.82, 2.24) is 25.9 Å². The number of halogens is 2. The minimum absolute atomic E-state index is 0.0945. The maximum Gasteiger partial charge on any atom is 0.220 e. The molecule has 1 fully saturated rings. The summed E-state index contributed by atoms with van der Waals surface area (Å²) in [5.74, 6) is 1.25. The Morgan fingerprint density at radius 2 is 1.74 bits per heavy atom. The molecule has 10 nitrogen and oxygen atoms in total. The molecule has 1 aliphatic heterocycles. The predicted octanol–water partition coefficient (Wildman–Crippen LogP) is 5.72. The van der Waals surface area contributed by atoms with Gasteiger partial charge in [0.1, 0.15) is 5.75 Å². The molecule has 5 rings (SSSR count). The van der Waals surface area contributed by atoms with E-state index in [1.165, 1.54) is 0 Å². The second-order valence-electron chi connectivity index (χ2n) is 11.1. The van der Waals surface area contributed by atoms with Crippen LogP contribution in [-0.2, 0) is 17.9 Å². The number of nitrogens with one attached hydrogen (secondary N) is 4. The van der Waals surface area contributed by atoms with Crippen LogP contribution in [0.25, 0.3) is 22.5 Å². The highest BCUT2D eigenvalue weighted by Crippen LogP contribution is 2.42. The van der Waals surface area contributed by atoms with Gasteiger partial charge in [-0.25, -0.2) is 4.98 Å². The average molecular weight is 666 g/mol. The van der Waals surface area contributed by atoms with E-state index in [0.717, 1.165) is 23.2 Å². The van der Waals surface area contributed by atoms with Crippen molar-refractivity contribution >= 4 is 40.5 Å². The van der Waals surface area contributed by atoms with E-state index in [1.54, 1.807) is 27.3 Å². The van der Waals surface area contributed by atoms with Crippen molar-refractivity contribution in [1.29, 1.82) is 0 Å². The maximum absolute atomic E-state index is 11.5. The molecule has 0 unspecified atom stereocenters. The number of aliphatic hydroxyl groups is 1. The van der Waals surface area contributed by atoms with Gasteiger partial charge in [-0.1, -0.05) is 53.5 Å². The van der Waals surface area contributed by atoms with Crippen LogP contribution in [0.3, 0.4) is 0 Å². The van der Waals surface area contributed by atoms with Crippen LogP contribution in [0.5, 0.6) is 11.6 Å². The van der Waals surface area contributed by atoms with Crippen LogP contribution in [0.1, 0.15) is 30.9 Å². The minimum atomic E-state index is -0.453. The Hall–Kier alpha value is -3.93. The molecule has 0 radical (unpaired) electrons. The first-order chi connectivity index (χ1) is 22.3. The Balaban J connectivity index is 1.37. The molecule has 46 heavy (non-hydrogen) atoms. The van der Waals surface area contributed by atoms with Crippen LogP contribution < -0.4 is 30.7 Å². The number of pyridine rings is 2. The fourth-order valence-electron chi connectivity index (χ4n) is 5.41. The van der Waals surface area contributed by atoms with E-state index in [4.69, 9.17) is 37.7 Å². The molecule has 3 heterocycles. The number of hydrogen-bond acceptors (Lipinski definition) is 9. The number of nitrogens with zero attached hydrogens (tertiary/aromatic N) is 2. The van der Waals surface area contributed by atoms with Gasteiger partial charge in [0.25, 0.3) is 0 Å². The number of carbonyl (C=O) groups is 1. The third kappa shape index (κ3) is 7.89. The van der Waals surface area contributed by atoms with Crippen molar-refractivity contribution in [3.05, 3.63) is 82.0 Å². The topological polar surface area (TPSA) is 130 Å². The van der Waals surface area contributed by atoms with E-state index >= 15 is 0 Å². The van der Waals surface area contributed by atoms with Crippen LogP contribution >= 0.6 is 23.2 Å². The Kier molecular flexibility index (Phi) is 11.3. The summed E-state index contributed by atoms with van der Waals surface area (Å²) in [5, 5.41) is 23.4. The van der Waals surface area contributed by atoms with Crippen molar-refractivity contribution in [2.45, 2.75) is 45.0 Å². The van der Waals surface area contributed by atoms with Crippen LogP contribution in [-0.4, -0.2) is 60.4 Å². The quantitative estimate of drug-likeness (QED) is 0.115. The van der Waals surface area contributed by atoms with Crippen LogP contribution in [0.15, 0.2) is 60.8 Å². The summed E-state index contributed by atoms with van der Waals surface area (Å²) >= 11 is 14.0. The van der Waals surface area contributed by atoms with Gasteiger partial charge in [0, 0.05) is 67.1 Å². The van der Waals surface area contributed by atoms with Gasteiger partial charge in [0.15, 0.2) is 0 Å². The van der Waals surface area contributed by atoms with E-state index in [2.05, 4.69) is 26.3 Å². The summed E-state index contributed by atoms with van der Waals surface area (Å²) < 4.78 is 11.4. The molecule has 0 aliphatic carbocycles. The first kappa shape index (κ1) is 33.4. The van der Waals surface area contributed by atoms with Gasteiger partial charge >= 0.3 is 0 Å². The molecule has 0 spiro atoms. The molecule has 1 aliphatic rings. The maximum atomic E-state index is 11.5. The Labute approximate surface area is 278 Å². The summed E-state index contributed by atoms with van der Waals surface area (Å²) in [6.07, 6.45) is 2.63. The van der Waals surface area contributed by atoms with E-state index in [1.807, 2.05) is 54.6 Å². The lowest BCUT2D eigenvalue weighted by Gasteiger charge is -2.18. The average Bonchev–Trinajstić information content (AvgIpc) is 3.47. The fraction of sp³-hybridized carbons (Fsp3) is 0.324. The molecule has 2 atom stereocenters. The predicted molar refractivity (Wildman–Crippen MR) is 182 cm³/mol. The minimum Gasteiger partial charge on any atom is -0.494 e. The second-order valence-corrected chi connectivity index (χ2v) is 11.8. The summed E-state index contributed by atoms with van der Waals surface area (Å²) in [4.78, 5) is 20.8. The van der Waals surface area contributed by atoms with E-state index in [-0.39, 0.29) is 11.9 Å². The Bertz CT molecular complexity index is 1690. The number of para-hydroxylation sites is 1. The highest BCUT2D eigenvalue weighted by atomic mass is 35.5. The highest BCUT2D eigenvalue weighted by molar-refractivity contribution is 6.39. The standard InChI is InChI=1S/C34H38Cl2N6O4/c1-20(43)16-37-17-21-6-4-9-28(33(21)45-2)41-27-8-5-7-25(30(27)35)32-31(36)24(14-15-39-32)26-12-10-22(34(42-26)46-3)18-38-19-23-11-13-29(44)40-23/h4-10,12,14-15,20,23,37-38,41,43H,11,13,16-19H2,1-3H3,(H,40,44)/t20-,23+/m0/s1. The summed E-state index contributed by atoms with van der Waals surface area (Å²) in [7, 11) is 3.20. The number of methoxy groups -OCH3 is 2. The van der Waals surface area contributed by atoms with Crippen molar-refractivity contribution in [3.63, 3.8) is 0 Å². The van der Waals surface area contributed by atoms with Crippen molar-refractivity contribution in [3.8, 4) is 34.1 Å². The lowest BCUT2D eigenvalue weighted by molar-refractivity contribution is -0.119. The zero-order valence-electron chi connectivity index (χ0n) is 26.0. The van der Waals surface area contributed by atoms with Gasteiger partial charge in [-0.15, -0.1) is 0 Å². The molecule has 0 saturated carbocycles. The van der Waals surface area contributed by atoms with Gasteiger partial charge in [-0.3, -0.25) is 9.78 Å². The lowest BCUT2D eigenvalue weighted by atomic mass is 10.0. The zero-order valence-corrected chi connectivity index (χ0v) is 27.5. The number of aliphatic hydroxyl groups excluding tert-OH is 1. The number of benzene rings is 2. The van der Waals surface area contributed by atoms with Crippen LogP contribution in [0.2, 0.25) is 10.0 Å². The molecule has 2 aromatic carbocycles. The van der Waals surface area contributed by atoms with Crippen LogP contribution in [0.4, 0.5) is 11.4 Å². The SMILES string of the molecule is COc1nc(-c2ccnc(-c3cccc(Nc4cccc(CNC[C@H](C)O)c4OC)c3Cl)c2Cl)ccc1CNC[C@H]1CCC(=O)N1. The van der Waals surface area contributed by atoms with E-state index in [0.29, 0.717) is 82.5 Å². The normalized spacial score (nSPS) is 15.0. The first-order valence-corrected chi connectivity index (χ1v) is 15.8. The number of ether oxygens (including phenoxy) is 2. The smallest absolute Gasteiger partial charge is 0.220 e. The number of carbonyl (C=O) groups excluding carboxylic acids is 1. The number of rotatable bonds is 14. The Morgan fingerprint density at radius 3 is 2.48 bits per heavy atom. The molecule has 242 valence electrons. The van der Waals surface area contributed by atoms with Crippen molar-refractivity contribution in [2.24, 2.45) is 0 Å².